The summed E-state index contributed by atoms with van der Waals surface area (Å²) in [7, 11) is -3.23. The maximum atomic E-state index is 11.5. The summed E-state index contributed by atoms with van der Waals surface area (Å²) < 4.78 is 22.9. The van der Waals surface area contributed by atoms with Crippen molar-refractivity contribution in [3.05, 3.63) is 30.1 Å². The van der Waals surface area contributed by atoms with Crippen molar-refractivity contribution in [3.8, 4) is 6.07 Å². The van der Waals surface area contributed by atoms with Crippen LogP contribution < -0.4 is 0 Å². The number of aliphatic hydroxyl groups is 1. The Balaban J connectivity index is 2.36. The van der Waals surface area contributed by atoms with E-state index >= 15 is 0 Å². The van der Waals surface area contributed by atoms with Crippen LogP contribution in [0, 0.1) is 16.7 Å². The van der Waals surface area contributed by atoms with Crippen molar-refractivity contribution in [2.45, 2.75) is 12.5 Å². The molecule has 0 aromatic carbocycles. The summed E-state index contributed by atoms with van der Waals surface area (Å²) >= 11 is 0. The number of nitrogens with zero attached hydrogens (tertiary/aromatic N) is 2. The van der Waals surface area contributed by atoms with Gasteiger partial charge in [-0.05, 0) is 18.6 Å². The van der Waals surface area contributed by atoms with Crippen LogP contribution in [0.4, 0.5) is 0 Å². The molecule has 0 radical (unpaired) electrons. The average molecular weight is 252 g/mol. The lowest BCUT2D eigenvalue weighted by Gasteiger charge is -2.24. The third kappa shape index (κ3) is 2.16. The zero-order chi connectivity index (χ0) is 12.5. The molecule has 1 aromatic rings. The van der Waals surface area contributed by atoms with Crippen molar-refractivity contribution in [2.24, 2.45) is 5.41 Å². The highest BCUT2D eigenvalue weighted by Gasteiger charge is 2.49. The summed E-state index contributed by atoms with van der Waals surface area (Å²) in [6.45, 7) is 0. The van der Waals surface area contributed by atoms with Gasteiger partial charge in [0.05, 0.1) is 23.3 Å². The fraction of sp³-hybridized carbons (Fsp3) is 0.455. The second-order valence-electron chi connectivity index (χ2n) is 4.27. The van der Waals surface area contributed by atoms with Gasteiger partial charge in [0.1, 0.15) is 11.5 Å². The van der Waals surface area contributed by atoms with E-state index in [9.17, 15) is 18.8 Å². The summed E-state index contributed by atoms with van der Waals surface area (Å²) in [6, 6.07) is 6.94. The minimum Gasteiger partial charge on any atom is -0.385 e. The molecule has 90 valence electrons. The number of sulfone groups is 1. The van der Waals surface area contributed by atoms with Gasteiger partial charge in [0.15, 0.2) is 9.84 Å². The van der Waals surface area contributed by atoms with Crippen molar-refractivity contribution in [1.29, 1.82) is 5.26 Å². The summed E-state index contributed by atoms with van der Waals surface area (Å²) in [6.07, 6.45) is 0.502. The van der Waals surface area contributed by atoms with E-state index in [0.717, 1.165) is 0 Å². The molecule has 5 nitrogen and oxygen atoms in total. The first-order valence-corrected chi connectivity index (χ1v) is 7.02. The van der Waals surface area contributed by atoms with E-state index in [0.29, 0.717) is 5.69 Å². The molecule has 2 atom stereocenters. The monoisotopic (exact) mass is 252 g/mol. The number of pyridine rings is 1. The maximum Gasteiger partial charge on any atom is 0.152 e. The summed E-state index contributed by atoms with van der Waals surface area (Å²) in [4.78, 5) is 3.97. The highest BCUT2D eigenvalue weighted by molar-refractivity contribution is 7.91. The fourth-order valence-electron chi connectivity index (χ4n) is 2.06. The molecule has 2 rings (SSSR count). The van der Waals surface area contributed by atoms with Gasteiger partial charge >= 0.3 is 0 Å². The molecule has 2 heterocycles. The summed E-state index contributed by atoms with van der Waals surface area (Å²) in [5.41, 5.74) is -0.918. The first kappa shape index (κ1) is 12.0. The molecule has 0 bridgehead atoms. The third-order valence-electron chi connectivity index (χ3n) is 3.05. The quantitative estimate of drug-likeness (QED) is 0.824. The first-order valence-electron chi connectivity index (χ1n) is 5.20. The van der Waals surface area contributed by atoms with Gasteiger partial charge in [-0.2, -0.15) is 5.26 Å². The Hall–Kier alpha value is -1.45. The molecule has 0 aliphatic carbocycles. The molecule has 0 amide bonds. The van der Waals surface area contributed by atoms with Crippen molar-refractivity contribution >= 4 is 9.84 Å². The van der Waals surface area contributed by atoms with E-state index in [1.807, 2.05) is 6.07 Å². The number of aliphatic hydroxyl groups excluding tert-OH is 1. The molecule has 6 heteroatoms. The summed E-state index contributed by atoms with van der Waals surface area (Å²) in [5.74, 6) is -0.349. The Labute approximate surface area is 99.6 Å². The van der Waals surface area contributed by atoms with E-state index < -0.39 is 21.4 Å². The molecule has 0 saturated carbocycles. The van der Waals surface area contributed by atoms with Crippen LogP contribution in [0.3, 0.4) is 0 Å². The topological polar surface area (TPSA) is 91.0 Å². The zero-order valence-electron chi connectivity index (χ0n) is 9.07. The van der Waals surface area contributed by atoms with Crippen LogP contribution in [-0.2, 0) is 9.84 Å². The standard InChI is InChI=1S/C11H12N2O3S/c12-7-11(4-6-17(15,16)8-11)10(14)9-3-1-2-5-13-9/h1-3,5,10,14H,4,6,8H2. The van der Waals surface area contributed by atoms with Crippen LogP contribution in [0.2, 0.25) is 0 Å². The zero-order valence-corrected chi connectivity index (χ0v) is 9.89. The molecule has 1 aliphatic heterocycles. The molecule has 1 N–H and O–H groups in total. The predicted molar refractivity (Wildman–Crippen MR) is 60.5 cm³/mol. The normalized spacial score (nSPS) is 28.5. The lowest BCUT2D eigenvalue weighted by atomic mass is 9.81. The summed E-state index contributed by atoms with van der Waals surface area (Å²) in [5, 5.41) is 19.3. The molecule has 2 unspecified atom stereocenters. The van der Waals surface area contributed by atoms with Gasteiger partial charge in [0, 0.05) is 6.20 Å². The van der Waals surface area contributed by atoms with Gasteiger partial charge in [-0.1, -0.05) is 6.07 Å². The minimum absolute atomic E-state index is 0.0511. The largest absolute Gasteiger partial charge is 0.385 e. The van der Waals surface area contributed by atoms with E-state index in [1.54, 1.807) is 18.2 Å². The molecule has 1 fully saturated rings. The first-order chi connectivity index (χ1) is 7.99. The van der Waals surface area contributed by atoms with Gasteiger partial charge in [-0.3, -0.25) is 4.98 Å². The molecular formula is C11H12N2O3S. The van der Waals surface area contributed by atoms with Gasteiger partial charge in [0.25, 0.3) is 0 Å². The Morgan fingerprint density at radius 2 is 2.29 bits per heavy atom. The van der Waals surface area contributed by atoms with Crippen molar-refractivity contribution in [2.75, 3.05) is 11.5 Å². The SMILES string of the molecule is N#CC1(C(O)c2ccccn2)CCS(=O)(=O)C1. The van der Waals surface area contributed by atoms with Crippen LogP contribution in [0.25, 0.3) is 0 Å². The van der Waals surface area contributed by atoms with E-state index in [1.165, 1.54) is 6.20 Å². The second kappa shape index (κ2) is 4.09. The average Bonchev–Trinajstić information content (AvgIpc) is 2.66. The minimum atomic E-state index is -3.23. The fourth-order valence-corrected chi connectivity index (χ4v) is 4.03. The molecule has 1 saturated heterocycles. The van der Waals surface area contributed by atoms with Crippen LogP contribution in [-0.4, -0.2) is 30.0 Å². The van der Waals surface area contributed by atoms with Gasteiger partial charge in [0.2, 0.25) is 0 Å². The number of nitriles is 1. The molecule has 17 heavy (non-hydrogen) atoms. The lowest BCUT2D eigenvalue weighted by Crippen LogP contribution is -2.29. The molecule has 1 aromatic heterocycles. The van der Waals surface area contributed by atoms with E-state index in [-0.39, 0.29) is 17.9 Å². The van der Waals surface area contributed by atoms with E-state index in [4.69, 9.17) is 0 Å². The van der Waals surface area contributed by atoms with Crippen LogP contribution in [0.15, 0.2) is 24.4 Å². The Morgan fingerprint density at radius 1 is 1.53 bits per heavy atom. The van der Waals surface area contributed by atoms with Crippen molar-refractivity contribution in [1.82, 2.24) is 4.98 Å². The highest BCUT2D eigenvalue weighted by atomic mass is 32.2. The van der Waals surface area contributed by atoms with Crippen molar-refractivity contribution in [3.63, 3.8) is 0 Å². The van der Waals surface area contributed by atoms with Gasteiger partial charge in [-0.15, -0.1) is 0 Å². The smallest absolute Gasteiger partial charge is 0.152 e. The van der Waals surface area contributed by atoms with Crippen molar-refractivity contribution < 1.29 is 13.5 Å². The molecule has 0 spiro atoms. The Kier molecular flexibility index (Phi) is 2.89. The maximum absolute atomic E-state index is 11.5. The molecular weight excluding hydrogens is 240 g/mol. The second-order valence-corrected chi connectivity index (χ2v) is 6.45. The number of hydrogen-bond donors (Lipinski definition) is 1. The Morgan fingerprint density at radius 3 is 2.76 bits per heavy atom. The third-order valence-corrected chi connectivity index (χ3v) is 4.83. The van der Waals surface area contributed by atoms with Crippen LogP contribution >= 0.6 is 0 Å². The molecule has 1 aliphatic rings. The van der Waals surface area contributed by atoms with Crippen LogP contribution in [0.5, 0.6) is 0 Å². The van der Waals surface area contributed by atoms with Crippen LogP contribution in [0.1, 0.15) is 18.2 Å². The Bertz CT molecular complexity index is 550. The number of hydrogen-bond acceptors (Lipinski definition) is 5. The predicted octanol–water partition coefficient (Wildman–Crippen LogP) is 0.443. The number of rotatable bonds is 2. The van der Waals surface area contributed by atoms with E-state index in [2.05, 4.69) is 4.98 Å². The van der Waals surface area contributed by atoms with Gasteiger partial charge < -0.3 is 5.11 Å². The highest BCUT2D eigenvalue weighted by Crippen LogP contribution is 2.42. The lowest BCUT2D eigenvalue weighted by molar-refractivity contribution is 0.0754. The number of aromatic nitrogens is 1. The van der Waals surface area contributed by atoms with Gasteiger partial charge in [-0.25, -0.2) is 8.42 Å².